The maximum absolute atomic E-state index is 13.5. The van der Waals surface area contributed by atoms with Crippen molar-refractivity contribution in [3.05, 3.63) is 79.6 Å². The first-order valence-electron chi connectivity index (χ1n) is 10.9. The fourth-order valence-corrected chi connectivity index (χ4v) is 4.71. The molecule has 5 rings (SSSR count). The van der Waals surface area contributed by atoms with Crippen molar-refractivity contribution < 1.29 is 24.4 Å². The molecule has 0 aliphatic carbocycles. The molecule has 11 heteroatoms. The average Bonchev–Trinajstić information content (AvgIpc) is 3.23. The number of esters is 1. The summed E-state index contributed by atoms with van der Waals surface area (Å²) in [6, 6.07) is 7.15. The number of fused-ring (bicyclic) bond motifs is 5. The first kappa shape index (κ1) is 22.4. The van der Waals surface area contributed by atoms with Crippen molar-refractivity contribution in [3.8, 4) is 11.4 Å². The number of ether oxygens (including phenoxy) is 1. The van der Waals surface area contributed by atoms with E-state index < -0.39 is 34.3 Å². The molecular formula is C24H20N4O7. The number of cyclic esters (lactones) is 1. The van der Waals surface area contributed by atoms with Gasteiger partial charge in [-0.3, -0.25) is 19.5 Å². The second-order valence-electron chi connectivity index (χ2n) is 8.18. The molecule has 0 saturated heterocycles. The molecule has 0 fully saturated rings. The highest BCUT2D eigenvalue weighted by molar-refractivity contribution is 6.03. The van der Waals surface area contributed by atoms with Gasteiger partial charge in [-0.15, -0.1) is 0 Å². The zero-order chi connectivity index (χ0) is 24.9. The van der Waals surface area contributed by atoms with Crippen molar-refractivity contribution in [3.63, 3.8) is 0 Å². The molecule has 0 spiro atoms. The Bertz CT molecular complexity index is 1520. The maximum Gasteiger partial charge on any atom is 0.343 e. The second kappa shape index (κ2) is 8.13. The summed E-state index contributed by atoms with van der Waals surface area (Å²) in [6.45, 7) is 4.76. The molecule has 11 nitrogen and oxygen atoms in total. The minimum absolute atomic E-state index is 0.0171. The Morgan fingerprint density at radius 2 is 2.14 bits per heavy atom. The molecule has 2 aromatic heterocycles. The van der Waals surface area contributed by atoms with Crippen molar-refractivity contribution in [2.75, 3.05) is 6.61 Å². The molecule has 0 unspecified atom stereocenters. The highest BCUT2D eigenvalue weighted by Crippen LogP contribution is 2.46. The third-order valence-electron chi connectivity index (χ3n) is 6.36. The Hall–Kier alpha value is -4.38. The average molecular weight is 476 g/mol. The number of hydrogen-bond acceptors (Lipinski definition) is 9. The van der Waals surface area contributed by atoms with E-state index in [0.717, 1.165) is 0 Å². The van der Waals surface area contributed by atoms with Crippen molar-refractivity contribution in [1.82, 2.24) is 9.55 Å². The zero-order valence-corrected chi connectivity index (χ0v) is 18.7. The minimum Gasteiger partial charge on any atom is -0.458 e. The summed E-state index contributed by atoms with van der Waals surface area (Å²) in [7, 11) is 0. The highest BCUT2D eigenvalue weighted by Gasteiger charge is 2.52. The molecule has 178 valence electrons. The van der Waals surface area contributed by atoms with Crippen LogP contribution in [-0.2, 0) is 33.1 Å². The first-order valence-corrected chi connectivity index (χ1v) is 10.9. The van der Waals surface area contributed by atoms with Crippen LogP contribution >= 0.6 is 0 Å². The lowest BCUT2D eigenvalue weighted by molar-refractivity contribution is -0.386. The van der Waals surface area contributed by atoms with E-state index in [1.807, 2.05) is 12.1 Å². The summed E-state index contributed by atoms with van der Waals surface area (Å²) < 4.78 is 6.28. The van der Waals surface area contributed by atoms with Gasteiger partial charge in [-0.25, -0.2) is 9.78 Å². The van der Waals surface area contributed by atoms with Gasteiger partial charge in [-0.2, -0.15) is 0 Å². The SMILES string of the molecule is C=CCON=Cc1c2c(nc3ccccc13)-c1c([N+](=O)[O-])c3c(c(=O)n1C2)COC(=O)[C@]3(O)CC. The Morgan fingerprint density at radius 1 is 1.37 bits per heavy atom. The van der Waals surface area contributed by atoms with E-state index in [1.165, 1.54) is 23.8 Å². The van der Waals surface area contributed by atoms with Crippen molar-refractivity contribution in [1.29, 1.82) is 0 Å². The number of carbonyl (C=O) groups is 1. The number of aliphatic hydroxyl groups is 1. The Kier molecular flexibility index (Phi) is 5.21. The molecule has 35 heavy (non-hydrogen) atoms. The van der Waals surface area contributed by atoms with E-state index >= 15 is 0 Å². The maximum atomic E-state index is 13.5. The number of pyridine rings is 2. The van der Waals surface area contributed by atoms with Crippen LogP contribution in [0.3, 0.4) is 0 Å². The Labute approximate surface area is 198 Å². The quantitative estimate of drug-likeness (QED) is 0.112. The number of hydrogen-bond donors (Lipinski definition) is 1. The zero-order valence-electron chi connectivity index (χ0n) is 18.7. The smallest absolute Gasteiger partial charge is 0.343 e. The lowest BCUT2D eigenvalue weighted by Crippen LogP contribution is -2.45. The molecular weight excluding hydrogens is 456 g/mol. The predicted octanol–water partition coefficient (Wildman–Crippen LogP) is 2.52. The molecule has 0 radical (unpaired) electrons. The van der Waals surface area contributed by atoms with E-state index in [-0.39, 0.29) is 42.1 Å². The number of aromatic nitrogens is 2. The van der Waals surface area contributed by atoms with Gasteiger partial charge in [0.25, 0.3) is 5.56 Å². The van der Waals surface area contributed by atoms with Crippen LogP contribution in [0.15, 0.2) is 46.9 Å². The number of benzene rings is 1. The van der Waals surface area contributed by atoms with Gasteiger partial charge < -0.3 is 14.7 Å². The van der Waals surface area contributed by atoms with Crippen LogP contribution in [-0.4, -0.2) is 38.4 Å². The van der Waals surface area contributed by atoms with Crippen LogP contribution in [0.5, 0.6) is 0 Å². The molecule has 1 aromatic carbocycles. The molecule has 0 bridgehead atoms. The number of para-hydroxylation sites is 1. The topological polar surface area (TPSA) is 146 Å². The fraction of sp³-hybridized carbons (Fsp3) is 0.250. The summed E-state index contributed by atoms with van der Waals surface area (Å²) in [4.78, 5) is 47.5. The third-order valence-corrected chi connectivity index (χ3v) is 6.36. The van der Waals surface area contributed by atoms with E-state index in [2.05, 4.69) is 16.7 Å². The van der Waals surface area contributed by atoms with Gasteiger partial charge in [0.05, 0.1) is 34.3 Å². The number of oxime groups is 1. The molecule has 1 atom stereocenters. The Balaban J connectivity index is 1.88. The van der Waals surface area contributed by atoms with Gasteiger partial charge in [0.1, 0.15) is 24.6 Å². The van der Waals surface area contributed by atoms with Crippen LogP contribution < -0.4 is 5.56 Å². The van der Waals surface area contributed by atoms with Gasteiger partial charge in [-0.05, 0) is 12.5 Å². The third kappa shape index (κ3) is 3.16. The van der Waals surface area contributed by atoms with Gasteiger partial charge in [-0.1, -0.05) is 42.9 Å². The Morgan fingerprint density at radius 3 is 2.86 bits per heavy atom. The molecule has 0 amide bonds. The highest BCUT2D eigenvalue weighted by atomic mass is 16.6. The summed E-state index contributed by atoms with van der Waals surface area (Å²) >= 11 is 0. The van der Waals surface area contributed by atoms with Crippen molar-refractivity contribution >= 4 is 28.8 Å². The lowest BCUT2D eigenvalue weighted by atomic mass is 9.84. The molecule has 3 aromatic rings. The number of nitro groups is 1. The van der Waals surface area contributed by atoms with Crippen LogP contribution in [0.25, 0.3) is 22.3 Å². The second-order valence-corrected chi connectivity index (χ2v) is 8.18. The standard InChI is InChI=1S/C24H20N4O7/c1-3-9-35-25-10-14-13-7-5-6-8-17(13)26-19-15(14)11-27-21(19)20(28(32)33)18-16(22(27)29)12-34-23(30)24(18,31)4-2/h3,5-8,10,31H,1,4,9,11-12H2,2H3/t24-/m0/s1. The van der Waals surface area contributed by atoms with Gasteiger partial charge in [0.15, 0.2) is 5.60 Å². The predicted molar refractivity (Wildman–Crippen MR) is 125 cm³/mol. The summed E-state index contributed by atoms with van der Waals surface area (Å²) in [6.07, 6.45) is 2.80. The van der Waals surface area contributed by atoms with Crippen LogP contribution in [0.4, 0.5) is 5.69 Å². The van der Waals surface area contributed by atoms with E-state index in [9.17, 15) is 24.8 Å². The van der Waals surface area contributed by atoms with Crippen LogP contribution in [0.1, 0.15) is 35.6 Å². The normalized spacial score (nSPS) is 18.2. The van der Waals surface area contributed by atoms with Gasteiger partial charge in [0, 0.05) is 16.5 Å². The lowest BCUT2D eigenvalue weighted by Gasteiger charge is -2.31. The van der Waals surface area contributed by atoms with E-state index in [1.54, 1.807) is 12.1 Å². The van der Waals surface area contributed by atoms with E-state index in [4.69, 9.17) is 9.57 Å². The molecule has 0 saturated carbocycles. The van der Waals surface area contributed by atoms with Crippen molar-refractivity contribution in [2.24, 2.45) is 5.16 Å². The summed E-state index contributed by atoms with van der Waals surface area (Å²) in [5, 5.41) is 28.2. The fourth-order valence-electron chi connectivity index (χ4n) is 4.71. The van der Waals surface area contributed by atoms with Crippen molar-refractivity contribution in [2.45, 2.75) is 32.1 Å². The van der Waals surface area contributed by atoms with Gasteiger partial charge >= 0.3 is 11.7 Å². The number of nitrogens with zero attached hydrogens (tertiary/aromatic N) is 4. The molecule has 2 aliphatic rings. The van der Waals surface area contributed by atoms with Gasteiger partial charge in [0.2, 0.25) is 0 Å². The molecule has 1 N–H and O–H groups in total. The minimum atomic E-state index is -2.33. The number of rotatable bonds is 6. The van der Waals surface area contributed by atoms with E-state index in [0.29, 0.717) is 22.0 Å². The van der Waals surface area contributed by atoms with Crippen LogP contribution in [0, 0.1) is 10.1 Å². The summed E-state index contributed by atoms with van der Waals surface area (Å²) in [5.74, 6) is -1.03. The molecule has 2 aliphatic heterocycles. The first-order chi connectivity index (χ1) is 16.8. The number of carbonyl (C=O) groups excluding carboxylic acids is 1. The van der Waals surface area contributed by atoms with Crippen LogP contribution in [0.2, 0.25) is 0 Å². The monoisotopic (exact) mass is 476 g/mol. The molecule has 4 heterocycles. The largest absolute Gasteiger partial charge is 0.458 e. The summed E-state index contributed by atoms with van der Waals surface area (Å²) in [5.41, 5.74) is -2.12.